The Morgan fingerprint density at radius 3 is 2.00 bits per heavy atom. The molecule has 94 valence electrons. The van der Waals surface area contributed by atoms with E-state index in [1.54, 1.807) is 12.2 Å². The Morgan fingerprint density at radius 2 is 1.65 bits per heavy atom. The number of methoxy groups -OCH3 is 1. The number of rotatable bonds is 2. The monoisotopic (exact) mass is 239 g/mol. The SMILES string of the molecule is COC(=O)C12C=CC(C(=O)N(C)O)(CC1)CC2. The van der Waals surface area contributed by atoms with Crippen molar-refractivity contribution in [3.63, 3.8) is 0 Å². The van der Waals surface area contributed by atoms with E-state index in [-0.39, 0.29) is 11.9 Å². The predicted molar refractivity (Wildman–Crippen MR) is 59.0 cm³/mol. The molecule has 0 saturated heterocycles. The molecule has 3 aliphatic rings. The van der Waals surface area contributed by atoms with E-state index in [1.165, 1.54) is 14.2 Å². The number of fused-ring (bicyclic) bond motifs is 2. The number of esters is 1. The van der Waals surface area contributed by atoms with Gasteiger partial charge in [-0.25, -0.2) is 5.06 Å². The molecular weight excluding hydrogens is 222 g/mol. The van der Waals surface area contributed by atoms with Crippen LogP contribution >= 0.6 is 0 Å². The highest BCUT2D eigenvalue weighted by atomic mass is 16.5. The Kier molecular flexibility index (Phi) is 2.73. The summed E-state index contributed by atoms with van der Waals surface area (Å²) in [5, 5.41) is 9.90. The summed E-state index contributed by atoms with van der Waals surface area (Å²) in [5.41, 5.74) is -1.18. The highest BCUT2D eigenvalue weighted by Gasteiger charge is 2.53. The first kappa shape index (κ1) is 12.1. The second kappa shape index (κ2) is 3.84. The number of carbonyl (C=O) groups excluding carboxylic acids is 2. The molecule has 0 atom stereocenters. The summed E-state index contributed by atoms with van der Waals surface area (Å²) in [6, 6.07) is 0. The molecule has 1 amide bonds. The number of hydrogen-bond acceptors (Lipinski definition) is 4. The Labute approximate surface area is 100.0 Å². The molecule has 2 bridgehead atoms. The molecule has 1 N–H and O–H groups in total. The van der Waals surface area contributed by atoms with Gasteiger partial charge in [-0.05, 0) is 25.7 Å². The van der Waals surface area contributed by atoms with Gasteiger partial charge < -0.3 is 4.74 Å². The van der Waals surface area contributed by atoms with Gasteiger partial charge in [-0.2, -0.15) is 0 Å². The van der Waals surface area contributed by atoms with Crippen molar-refractivity contribution in [3.05, 3.63) is 12.2 Å². The Morgan fingerprint density at radius 1 is 1.18 bits per heavy atom. The maximum absolute atomic E-state index is 11.9. The van der Waals surface area contributed by atoms with E-state index in [2.05, 4.69) is 0 Å². The maximum atomic E-state index is 11.9. The van der Waals surface area contributed by atoms with E-state index >= 15 is 0 Å². The Hall–Kier alpha value is -1.36. The molecular formula is C12H17NO4. The van der Waals surface area contributed by atoms with Crippen LogP contribution in [-0.2, 0) is 14.3 Å². The van der Waals surface area contributed by atoms with Crippen LogP contribution in [0.4, 0.5) is 0 Å². The third kappa shape index (κ3) is 1.65. The number of ether oxygens (including phenoxy) is 1. The molecule has 0 radical (unpaired) electrons. The number of hydroxylamine groups is 2. The average Bonchev–Trinajstić information content (AvgIpc) is 2.38. The van der Waals surface area contributed by atoms with Crippen molar-refractivity contribution in [2.45, 2.75) is 25.7 Å². The normalized spacial score (nSPS) is 34.5. The molecule has 1 fully saturated rings. The van der Waals surface area contributed by atoms with E-state index < -0.39 is 10.8 Å². The fraction of sp³-hybridized carbons (Fsp3) is 0.667. The van der Waals surface area contributed by atoms with Gasteiger partial charge in [-0.15, -0.1) is 0 Å². The van der Waals surface area contributed by atoms with E-state index in [1.807, 2.05) is 0 Å². The van der Waals surface area contributed by atoms with Crippen LogP contribution in [-0.4, -0.2) is 36.3 Å². The van der Waals surface area contributed by atoms with Crippen LogP contribution in [0.2, 0.25) is 0 Å². The zero-order valence-corrected chi connectivity index (χ0v) is 10.1. The highest BCUT2D eigenvalue weighted by molar-refractivity contribution is 5.87. The van der Waals surface area contributed by atoms with Gasteiger partial charge >= 0.3 is 5.97 Å². The van der Waals surface area contributed by atoms with Crippen molar-refractivity contribution in [1.82, 2.24) is 5.06 Å². The summed E-state index contributed by atoms with van der Waals surface area (Å²) in [7, 11) is 2.72. The van der Waals surface area contributed by atoms with Crippen molar-refractivity contribution in [1.29, 1.82) is 0 Å². The molecule has 0 aromatic heterocycles. The van der Waals surface area contributed by atoms with E-state index in [0.29, 0.717) is 30.7 Å². The fourth-order valence-electron chi connectivity index (χ4n) is 2.88. The third-order valence-electron chi connectivity index (χ3n) is 4.07. The van der Waals surface area contributed by atoms with Crippen molar-refractivity contribution in [2.24, 2.45) is 10.8 Å². The zero-order chi connectivity index (χ0) is 12.7. The van der Waals surface area contributed by atoms with Crippen molar-refractivity contribution in [3.8, 4) is 0 Å². The van der Waals surface area contributed by atoms with Crippen molar-refractivity contribution in [2.75, 3.05) is 14.2 Å². The lowest BCUT2D eigenvalue weighted by Crippen LogP contribution is -2.49. The lowest BCUT2D eigenvalue weighted by molar-refractivity contribution is -0.174. The van der Waals surface area contributed by atoms with Gasteiger partial charge in [-0.1, -0.05) is 12.2 Å². The first-order chi connectivity index (χ1) is 7.96. The smallest absolute Gasteiger partial charge is 0.315 e. The van der Waals surface area contributed by atoms with Gasteiger partial charge in [0.2, 0.25) is 0 Å². The van der Waals surface area contributed by atoms with Crippen LogP contribution < -0.4 is 0 Å². The van der Waals surface area contributed by atoms with Crippen LogP contribution in [0.15, 0.2) is 12.2 Å². The minimum Gasteiger partial charge on any atom is -0.468 e. The zero-order valence-electron chi connectivity index (χ0n) is 10.1. The standard InChI is InChI=1S/C12H17NO4/c1-13(16)9(14)11-3-6-12(7-4-11,8-5-11)10(15)17-2/h3,6,16H,4-5,7-8H2,1-2H3. The summed E-state index contributed by atoms with van der Waals surface area (Å²) in [6.07, 6.45) is 5.94. The average molecular weight is 239 g/mol. The summed E-state index contributed by atoms with van der Waals surface area (Å²) in [6.45, 7) is 0. The summed E-state index contributed by atoms with van der Waals surface area (Å²) >= 11 is 0. The summed E-state index contributed by atoms with van der Waals surface area (Å²) < 4.78 is 4.81. The summed E-state index contributed by atoms with van der Waals surface area (Å²) in [4.78, 5) is 23.7. The van der Waals surface area contributed by atoms with Gasteiger partial charge in [0.15, 0.2) is 0 Å². The molecule has 0 heterocycles. The van der Waals surface area contributed by atoms with Crippen molar-refractivity contribution >= 4 is 11.9 Å². The molecule has 0 spiro atoms. The fourth-order valence-corrected chi connectivity index (χ4v) is 2.88. The number of nitrogens with zero attached hydrogens (tertiary/aromatic N) is 1. The molecule has 0 aromatic rings. The van der Waals surface area contributed by atoms with Crippen LogP contribution in [0, 0.1) is 10.8 Å². The van der Waals surface area contributed by atoms with Gasteiger partial charge in [0.05, 0.1) is 17.9 Å². The Balaban J connectivity index is 2.27. The van der Waals surface area contributed by atoms with Gasteiger partial charge in [0.1, 0.15) is 0 Å². The maximum Gasteiger partial charge on any atom is 0.315 e. The highest BCUT2D eigenvalue weighted by Crippen LogP contribution is 2.53. The van der Waals surface area contributed by atoms with Gasteiger partial charge in [-0.3, -0.25) is 14.8 Å². The molecule has 5 heteroatoms. The largest absolute Gasteiger partial charge is 0.468 e. The number of amides is 1. The van der Waals surface area contributed by atoms with Gasteiger partial charge in [0.25, 0.3) is 5.91 Å². The van der Waals surface area contributed by atoms with Crippen molar-refractivity contribution < 1.29 is 19.5 Å². The number of hydrogen-bond donors (Lipinski definition) is 1. The quantitative estimate of drug-likeness (QED) is 0.339. The molecule has 0 unspecified atom stereocenters. The third-order valence-corrected chi connectivity index (χ3v) is 4.07. The summed E-state index contributed by atoms with van der Waals surface area (Å²) in [5.74, 6) is -0.529. The lowest BCUT2D eigenvalue weighted by Gasteiger charge is -2.46. The minimum absolute atomic E-state index is 0.230. The van der Waals surface area contributed by atoms with E-state index in [0.717, 1.165) is 0 Å². The van der Waals surface area contributed by atoms with Crippen LogP contribution in [0.25, 0.3) is 0 Å². The minimum atomic E-state index is -0.626. The molecule has 1 saturated carbocycles. The van der Waals surface area contributed by atoms with Gasteiger partial charge in [0, 0.05) is 7.05 Å². The molecule has 5 nitrogen and oxygen atoms in total. The Bertz CT molecular complexity index is 378. The van der Waals surface area contributed by atoms with E-state index in [4.69, 9.17) is 4.74 Å². The number of carbonyl (C=O) groups is 2. The molecule has 0 aromatic carbocycles. The van der Waals surface area contributed by atoms with Crippen LogP contribution in [0.3, 0.4) is 0 Å². The molecule has 17 heavy (non-hydrogen) atoms. The first-order valence-electron chi connectivity index (χ1n) is 5.72. The lowest BCUT2D eigenvalue weighted by atomic mass is 9.58. The second-order valence-corrected chi connectivity index (χ2v) is 4.97. The molecule has 3 aliphatic carbocycles. The van der Waals surface area contributed by atoms with E-state index in [9.17, 15) is 14.8 Å². The van der Waals surface area contributed by atoms with Crippen LogP contribution in [0.5, 0.6) is 0 Å². The predicted octanol–water partition coefficient (Wildman–Crippen LogP) is 1.12. The molecule has 0 aliphatic heterocycles. The van der Waals surface area contributed by atoms with Crippen LogP contribution in [0.1, 0.15) is 25.7 Å². The topological polar surface area (TPSA) is 66.8 Å². The first-order valence-corrected chi connectivity index (χ1v) is 5.72. The second-order valence-electron chi connectivity index (χ2n) is 4.97. The molecule has 3 rings (SSSR count).